The van der Waals surface area contributed by atoms with E-state index in [-0.39, 0.29) is 0 Å². The minimum absolute atomic E-state index is 0.665. The Morgan fingerprint density at radius 3 is 2.45 bits per heavy atom. The predicted molar refractivity (Wildman–Crippen MR) is 118 cm³/mol. The molecule has 0 saturated carbocycles. The number of piperazine rings is 1. The van der Waals surface area contributed by atoms with Crippen LogP contribution in [0.1, 0.15) is 11.1 Å². The summed E-state index contributed by atoms with van der Waals surface area (Å²) in [6.45, 7) is 6.51. The van der Waals surface area contributed by atoms with Crippen molar-refractivity contribution < 1.29 is 4.74 Å². The highest BCUT2D eigenvalue weighted by molar-refractivity contribution is 5.59. The Balaban J connectivity index is 1.39. The molecule has 0 aliphatic carbocycles. The largest absolute Gasteiger partial charge is 0.495 e. The third kappa shape index (κ3) is 4.42. The fourth-order valence-corrected chi connectivity index (χ4v) is 3.66. The van der Waals surface area contributed by atoms with Crippen LogP contribution in [0.3, 0.4) is 0 Å². The molecule has 2 aromatic carbocycles. The first-order chi connectivity index (χ1) is 14.2. The standard InChI is InChI=1S/C23H27N5O/c1-18-7-3-4-8-19(18)17-25-23-24-12-11-22(26-23)28-15-13-27(14-16-28)20-9-5-6-10-21(20)29-2/h3-12H,13-17H2,1-2H3,(H,24,25,26). The van der Waals surface area contributed by atoms with Crippen LogP contribution < -0.4 is 19.9 Å². The first-order valence-corrected chi connectivity index (χ1v) is 9.99. The molecule has 1 fully saturated rings. The maximum atomic E-state index is 5.51. The highest BCUT2D eigenvalue weighted by Crippen LogP contribution is 2.29. The van der Waals surface area contributed by atoms with Gasteiger partial charge in [0, 0.05) is 38.9 Å². The number of rotatable bonds is 6. The minimum Gasteiger partial charge on any atom is -0.495 e. The lowest BCUT2D eigenvalue weighted by Gasteiger charge is -2.37. The molecule has 0 radical (unpaired) electrons. The second-order valence-electron chi connectivity index (χ2n) is 7.16. The fourth-order valence-electron chi connectivity index (χ4n) is 3.66. The van der Waals surface area contributed by atoms with E-state index in [1.165, 1.54) is 11.1 Å². The van der Waals surface area contributed by atoms with Gasteiger partial charge in [0.15, 0.2) is 0 Å². The van der Waals surface area contributed by atoms with Gasteiger partial charge in [-0.25, -0.2) is 4.98 Å². The van der Waals surface area contributed by atoms with Crippen LogP contribution in [0.2, 0.25) is 0 Å². The van der Waals surface area contributed by atoms with Crippen molar-refractivity contribution in [1.82, 2.24) is 9.97 Å². The first kappa shape index (κ1) is 19.1. The van der Waals surface area contributed by atoms with Crippen LogP contribution in [0.15, 0.2) is 60.8 Å². The van der Waals surface area contributed by atoms with Crippen molar-refractivity contribution in [2.75, 3.05) is 48.4 Å². The van der Waals surface area contributed by atoms with Gasteiger partial charge >= 0.3 is 0 Å². The van der Waals surface area contributed by atoms with Crippen LogP contribution in [-0.4, -0.2) is 43.3 Å². The van der Waals surface area contributed by atoms with Crippen LogP contribution in [0, 0.1) is 6.92 Å². The Labute approximate surface area is 172 Å². The number of para-hydroxylation sites is 2. The zero-order valence-electron chi connectivity index (χ0n) is 17.0. The van der Waals surface area contributed by atoms with E-state index in [2.05, 4.69) is 63.4 Å². The second-order valence-corrected chi connectivity index (χ2v) is 7.16. The second kappa shape index (κ2) is 8.82. The van der Waals surface area contributed by atoms with Crippen LogP contribution >= 0.6 is 0 Å². The number of nitrogens with zero attached hydrogens (tertiary/aromatic N) is 4. The Kier molecular flexibility index (Phi) is 5.79. The molecule has 0 amide bonds. The van der Waals surface area contributed by atoms with Gasteiger partial charge in [-0.05, 0) is 36.2 Å². The molecule has 29 heavy (non-hydrogen) atoms. The average Bonchev–Trinajstić information content (AvgIpc) is 2.79. The summed E-state index contributed by atoms with van der Waals surface area (Å²) in [5.74, 6) is 2.55. The molecular weight excluding hydrogens is 362 g/mol. The predicted octanol–water partition coefficient (Wildman–Crippen LogP) is 3.73. The molecule has 1 aliphatic rings. The maximum Gasteiger partial charge on any atom is 0.224 e. The third-order valence-electron chi connectivity index (χ3n) is 5.37. The van der Waals surface area contributed by atoms with E-state index < -0.39 is 0 Å². The Morgan fingerprint density at radius 2 is 1.66 bits per heavy atom. The number of methoxy groups -OCH3 is 1. The van der Waals surface area contributed by atoms with E-state index in [9.17, 15) is 0 Å². The molecule has 150 valence electrons. The van der Waals surface area contributed by atoms with Gasteiger partial charge in [-0.2, -0.15) is 4.98 Å². The molecular formula is C23H27N5O. The Hall–Kier alpha value is -3.28. The lowest BCUT2D eigenvalue weighted by Crippen LogP contribution is -2.47. The molecule has 1 N–H and O–H groups in total. The molecule has 6 heteroatoms. The van der Waals surface area contributed by atoms with Crippen molar-refractivity contribution in [3.05, 3.63) is 71.9 Å². The number of nitrogens with one attached hydrogen (secondary N) is 1. The summed E-state index contributed by atoms with van der Waals surface area (Å²) in [5, 5.41) is 3.36. The number of benzene rings is 2. The highest BCUT2D eigenvalue weighted by atomic mass is 16.5. The summed E-state index contributed by atoms with van der Waals surface area (Å²) in [5.41, 5.74) is 3.67. The van der Waals surface area contributed by atoms with Gasteiger partial charge in [-0.15, -0.1) is 0 Å². The van der Waals surface area contributed by atoms with Crippen LogP contribution in [0.5, 0.6) is 5.75 Å². The molecule has 0 bridgehead atoms. The number of aromatic nitrogens is 2. The van der Waals surface area contributed by atoms with Crippen LogP contribution in [0.4, 0.5) is 17.5 Å². The average molecular weight is 390 g/mol. The normalized spacial score (nSPS) is 14.0. The summed E-state index contributed by atoms with van der Waals surface area (Å²) < 4.78 is 5.51. The fraction of sp³-hybridized carbons (Fsp3) is 0.304. The minimum atomic E-state index is 0.665. The molecule has 3 aromatic rings. The SMILES string of the molecule is COc1ccccc1N1CCN(c2ccnc(NCc3ccccc3C)n2)CC1. The zero-order chi connectivity index (χ0) is 20.1. The van der Waals surface area contributed by atoms with Crippen molar-refractivity contribution in [1.29, 1.82) is 0 Å². The van der Waals surface area contributed by atoms with Crippen LogP contribution in [-0.2, 0) is 6.54 Å². The quantitative estimate of drug-likeness (QED) is 0.693. The molecule has 1 saturated heterocycles. The van der Waals surface area contributed by atoms with E-state index in [4.69, 9.17) is 9.72 Å². The molecule has 0 atom stereocenters. The molecule has 0 unspecified atom stereocenters. The van der Waals surface area contributed by atoms with Gasteiger partial charge in [0.1, 0.15) is 11.6 Å². The highest BCUT2D eigenvalue weighted by Gasteiger charge is 2.20. The van der Waals surface area contributed by atoms with E-state index in [1.54, 1.807) is 7.11 Å². The van der Waals surface area contributed by atoms with Gasteiger partial charge in [0.05, 0.1) is 12.8 Å². The van der Waals surface area contributed by atoms with Gasteiger partial charge in [0.25, 0.3) is 0 Å². The summed E-state index contributed by atoms with van der Waals surface area (Å²) >= 11 is 0. The van der Waals surface area contributed by atoms with E-state index in [1.807, 2.05) is 24.4 Å². The lowest BCUT2D eigenvalue weighted by atomic mass is 10.1. The number of anilines is 3. The van der Waals surface area contributed by atoms with Gasteiger partial charge in [0.2, 0.25) is 5.95 Å². The summed E-state index contributed by atoms with van der Waals surface area (Å²) in [6.07, 6.45) is 1.83. The Bertz CT molecular complexity index is 953. The number of hydrogen-bond donors (Lipinski definition) is 1. The van der Waals surface area contributed by atoms with Crippen molar-refractivity contribution in [3.8, 4) is 5.75 Å². The van der Waals surface area contributed by atoms with Gasteiger partial charge in [-0.3, -0.25) is 0 Å². The summed E-state index contributed by atoms with van der Waals surface area (Å²) in [4.78, 5) is 13.8. The van der Waals surface area contributed by atoms with Gasteiger partial charge in [-0.1, -0.05) is 36.4 Å². The van der Waals surface area contributed by atoms with Gasteiger partial charge < -0.3 is 19.9 Å². The summed E-state index contributed by atoms with van der Waals surface area (Å²) in [6, 6.07) is 18.5. The van der Waals surface area contributed by atoms with E-state index in [0.29, 0.717) is 5.95 Å². The third-order valence-corrected chi connectivity index (χ3v) is 5.37. The number of ether oxygens (including phenoxy) is 1. The first-order valence-electron chi connectivity index (χ1n) is 9.99. The Morgan fingerprint density at radius 1 is 0.931 bits per heavy atom. The molecule has 2 heterocycles. The number of aryl methyl sites for hydroxylation is 1. The topological polar surface area (TPSA) is 53.5 Å². The number of hydrogen-bond acceptors (Lipinski definition) is 6. The summed E-state index contributed by atoms with van der Waals surface area (Å²) in [7, 11) is 1.72. The van der Waals surface area contributed by atoms with E-state index >= 15 is 0 Å². The van der Waals surface area contributed by atoms with Crippen molar-refractivity contribution in [2.45, 2.75) is 13.5 Å². The monoisotopic (exact) mass is 389 g/mol. The molecule has 0 spiro atoms. The van der Waals surface area contributed by atoms with Crippen LogP contribution in [0.25, 0.3) is 0 Å². The van der Waals surface area contributed by atoms with E-state index in [0.717, 1.165) is 50.0 Å². The maximum absolute atomic E-state index is 5.51. The lowest BCUT2D eigenvalue weighted by molar-refractivity contribution is 0.413. The molecule has 6 nitrogen and oxygen atoms in total. The molecule has 4 rings (SSSR count). The molecule has 1 aliphatic heterocycles. The smallest absolute Gasteiger partial charge is 0.224 e. The zero-order valence-corrected chi connectivity index (χ0v) is 17.0. The van der Waals surface area contributed by atoms with Crippen molar-refractivity contribution >= 4 is 17.5 Å². The van der Waals surface area contributed by atoms with Crippen molar-refractivity contribution in [3.63, 3.8) is 0 Å². The molecule has 1 aromatic heterocycles. The van der Waals surface area contributed by atoms with Crippen molar-refractivity contribution in [2.24, 2.45) is 0 Å².